The highest BCUT2D eigenvalue weighted by Gasteiger charge is 2.21. The van der Waals surface area contributed by atoms with E-state index >= 15 is 0 Å². The molecule has 5 rings (SSSR count). The topological polar surface area (TPSA) is 78.1 Å². The number of nitrogens with zero attached hydrogens (tertiary/aromatic N) is 6. The number of hydrogen-bond donors (Lipinski definition) is 0. The second-order valence-electron chi connectivity index (χ2n) is 9.24. The predicted octanol–water partition coefficient (Wildman–Crippen LogP) is 3.54. The first-order valence-corrected chi connectivity index (χ1v) is 11.5. The Balaban J connectivity index is 1.43. The normalized spacial score (nSPS) is 17.1. The van der Waals surface area contributed by atoms with Gasteiger partial charge in [0.2, 0.25) is 0 Å². The lowest BCUT2D eigenvalue weighted by Gasteiger charge is -2.19. The number of hydrogen-bond acceptors (Lipinski definition) is 6. The Hall–Kier alpha value is -3.10. The van der Waals surface area contributed by atoms with Gasteiger partial charge in [-0.2, -0.15) is 0 Å². The van der Waals surface area contributed by atoms with E-state index in [1.807, 2.05) is 38.2 Å². The van der Waals surface area contributed by atoms with Gasteiger partial charge in [-0.3, -0.25) is 14.1 Å². The van der Waals surface area contributed by atoms with E-state index in [0.717, 1.165) is 46.4 Å². The van der Waals surface area contributed by atoms with Gasteiger partial charge < -0.3 is 9.64 Å². The number of imidazole rings is 1. The van der Waals surface area contributed by atoms with Crippen LogP contribution in [-0.4, -0.2) is 55.5 Å². The standard InChI is InChI=1S/C25H30N6O2/c1-16(2)31-23-21-12-17(8-10-22(21)27-28-24(23)30(4)25(31)32)18-7-9-19(26-13-18)14-33-15-20-6-5-11-29(20)3/h7-10,12-13,16,20H,5-6,11,14-15H2,1-4H3. The molecule has 8 heteroatoms. The Morgan fingerprint density at radius 1 is 1.12 bits per heavy atom. The monoisotopic (exact) mass is 446 g/mol. The second kappa shape index (κ2) is 8.68. The molecule has 0 bridgehead atoms. The van der Waals surface area contributed by atoms with Crippen LogP contribution in [-0.2, 0) is 18.4 Å². The number of fused-ring (bicyclic) bond motifs is 3. The van der Waals surface area contributed by atoms with Gasteiger partial charge in [0.25, 0.3) is 0 Å². The average molecular weight is 447 g/mol. The number of aromatic nitrogens is 5. The van der Waals surface area contributed by atoms with Crippen LogP contribution in [0.2, 0.25) is 0 Å². The molecule has 1 atom stereocenters. The van der Waals surface area contributed by atoms with Crippen molar-refractivity contribution in [3.05, 3.63) is 52.7 Å². The van der Waals surface area contributed by atoms with Crippen LogP contribution >= 0.6 is 0 Å². The number of likely N-dealkylation sites (tertiary alicyclic amines) is 1. The fourth-order valence-electron chi connectivity index (χ4n) is 4.72. The van der Waals surface area contributed by atoms with E-state index in [9.17, 15) is 4.79 Å². The van der Waals surface area contributed by atoms with Crippen LogP contribution in [0.25, 0.3) is 33.2 Å². The van der Waals surface area contributed by atoms with Gasteiger partial charge in [0.15, 0.2) is 5.65 Å². The summed E-state index contributed by atoms with van der Waals surface area (Å²) in [6.45, 7) is 6.43. The quantitative estimate of drug-likeness (QED) is 0.451. The number of rotatable bonds is 6. The average Bonchev–Trinajstić information content (AvgIpc) is 3.34. The minimum absolute atomic E-state index is 0.0160. The van der Waals surface area contributed by atoms with Crippen molar-refractivity contribution in [2.24, 2.45) is 7.05 Å². The molecule has 1 aromatic carbocycles. The molecule has 33 heavy (non-hydrogen) atoms. The molecule has 1 unspecified atom stereocenters. The molecule has 0 saturated carbocycles. The molecule has 0 N–H and O–H groups in total. The van der Waals surface area contributed by atoms with Crippen LogP contribution in [0.3, 0.4) is 0 Å². The van der Waals surface area contributed by atoms with Crippen molar-refractivity contribution in [3.8, 4) is 11.1 Å². The van der Waals surface area contributed by atoms with Crippen molar-refractivity contribution in [1.82, 2.24) is 29.2 Å². The summed E-state index contributed by atoms with van der Waals surface area (Å²) in [7, 11) is 3.90. The molecule has 0 spiro atoms. The molecule has 4 aromatic rings. The zero-order chi connectivity index (χ0) is 23.1. The van der Waals surface area contributed by atoms with Crippen LogP contribution in [0.1, 0.15) is 38.4 Å². The second-order valence-corrected chi connectivity index (χ2v) is 9.24. The fourth-order valence-corrected chi connectivity index (χ4v) is 4.72. The van der Waals surface area contributed by atoms with Gasteiger partial charge in [-0.1, -0.05) is 12.1 Å². The number of likely N-dealkylation sites (N-methyl/N-ethyl adjacent to an activating group) is 1. The summed E-state index contributed by atoms with van der Waals surface area (Å²) in [6.07, 6.45) is 4.33. The van der Waals surface area contributed by atoms with Gasteiger partial charge in [0, 0.05) is 36.3 Å². The molecule has 1 aliphatic rings. The minimum atomic E-state index is -0.0815. The van der Waals surface area contributed by atoms with Crippen LogP contribution in [0, 0.1) is 0 Å². The van der Waals surface area contributed by atoms with Gasteiger partial charge in [-0.15, -0.1) is 10.2 Å². The van der Waals surface area contributed by atoms with Crippen LogP contribution in [0.5, 0.6) is 0 Å². The molecule has 0 aliphatic carbocycles. The lowest BCUT2D eigenvalue weighted by atomic mass is 10.0. The Bertz CT molecular complexity index is 1360. The summed E-state index contributed by atoms with van der Waals surface area (Å²) in [5, 5.41) is 9.57. The summed E-state index contributed by atoms with van der Waals surface area (Å²) < 4.78 is 9.27. The molecule has 3 aromatic heterocycles. The lowest BCUT2D eigenvalue weighted by Crippen LogP contribution is -2.29. The zero-order valence-corrected chi connectivity index (χ0v) is 19.7. The summed E-state index contributed by atoms with van der Waals surface area (Å²) in [5.74, 6) is 0. The van der Waals surface area contributed by atoms with Crippen molar-refractivity contribution >= 4 is 22.1 Å². The largest absolute Gasteiger partial charge is 0.374 e. The number of aryl methyl sites for hydroxylation is 1. The fraction of sp³-hybridized carbons (Fsp3) is 0.440. The van der Waals surface area contributed by atoms with Crippen LogP contribution in [0.15, 0.2) is 41.3 Å². The third-order valence-corrected chi connectivity index (χ3v) is 6.67. The molecule has 0 radical (unpaired) electrons. The van der Waals surface area contributed by atoms with Crippen molar-refractivity contribution in [3.63, 3.8) is 0 Å². The number of ether oxygens (including phenoxy) is 1. The molecule has 1 saturated heterocycles. The summed E-state index contributed by atoms with van der Waals surface area (Å²) in [6, 6.07) is 10.7. The lowest BCUT2D eigenvalue weighted by molar-refractivity contribution is 0.0731. The van der Waals surface area contributed by atoms with Crippen LogP contribution < -0.4 is 5.69 Å². The van der Waals surface area contributed by atoms with E-state index in [2.05, 4.69) is 39.3 Å². The van der Waals surface area contributed by atoms with E-state index in [1.54, 1.807) is 16.2 Å². The third-order valence-electron chi connectivity index (χ3n) is 6.67. The van der Waals surface area contributed by atoms with E-state index in [4.69, 9.17) is 4.74 Å². The van der Waals surface area contributed by atoms with Gasteiger partial charge >= 0.3 is 5.69 Å². The van der Waals surface area contributed by atoms with Crippen molar-refractivity contribution in [2.75, 3.05) is 20.2 Å². The SMILES string of the molecule is CC(C)n1c(=O)n(C)c2nnc3ccc(-c4ccc(COCC5CCCN5C)nc4)cc3c21. The predicted molar refractivity (Wildman–Crippen MR) is 129 cm³/mol. The first-order valence-electron chi connectivity index (χ1n) is 11.5. The Kier molecular flexibility index (Phi) is 5.72. The van der Waals surface area contributed by atoms with E-state index in [0.29, 0.717) is 18.3 Å². The maximum atomic E-state index is 12.8. The molecule has 0 amide bonds. The highest BCUT2D eigenvalue weighted by atomic mass is 16.5. The number of pyridine rings is 1. The van der Waals surface area contributed by atoms with E-state index in [-0.39, 0.29) is 11.7 Å². The zero-order valence-electron chi connectivity index (χ0n) is 19.7. The smallest absolute Gasteiger partial charge is 0.330 e. The van der Waals surface area contributed by atoms with E-state index < -0.39 is 0 Å². The molecule has 1 aliphatic heterocycles. The molecular weight excluding hydrogens is 416 g/mol. The van der Waals surface area contributed by atoms with Crippen molar-refractivity contribution in [1.29, 1.82) is 0 Å². The maximum Gasteiger partial charge on any atom is 0.330 e. The first-order chi connectivity index (χ1) is 15.9. The van der Waals surface area contributed by atoms with Crippen molar-refractivity contribution in [2.45, 2.75) is 45.4 Å². The molecule has 4 heterocycles. The summed E-state index contributed by atoms with van der Waals surface area (Å²) >= 11 is 0. The highest BCUT2D eigenvalue weighted by Crippen LogP contribution is 2.28. The summed E-state index contributed by atoms with van der Waals surface area (Å²) in [4.78, 5) is 19.8. The van der Waals surface area contributed by atoms with Crippen molar-refractivity contribution < 1.29 is 4.74 Å². The van der Waals surface area contributed by atoms with E-state index in [1.165, 1.54) is 12.8 Å². The Morgan fingerprint density at radius 2 is 1.94 bits per heavy atom. The van der Waals surface area contributed by atoms with Gasteiger partial charge in [0.1, 0.15) is 5.52 Å². The molecule has 8 nitrogen and oxygen atoms in total. The molecular formula is C25H30N6O2. The molecule has 172 valence electrons. The highest BCUT2D eigenvalue weighted by molar-refractivity contribution is 6.02. The number of benzene rings is 1. The minimum Gasteiger partial charge on any atom is -0.374 e. The Morgan fingerprint density at radius 3 is 2.64 bits per heavy atom. The third kappa shape index (κ3) is 3.94. The van der Waals surface area contributed by atoms with Gasteiger partial charge in [-0.25, -0.2) is 4.79 Å². The molecule has 1 fully saturated rings. The first kappa shape index (κ1) is 21.7. The Labute approximate surface area is 192 Å². The maximum absolute atomic E-state index is 12.8. The van der Waals surface area contributed by atoms with Crippen LogP contribution in [0.4, 0.5) is 0 Å². The van der Waals surface area contributed by atoms with Gasteiger partial charge in [-0.05, 0) is 64.0 Å². The van der Waals surface area contributed by atoms with Gasteiger partial charge in [0.05, 0.1) is 24.4 Å². The summed E-state index contributed by atoms with van der Waals surface area (Å²) in [5.41, 5.74) is 5.05.